The van der Waals surface area contributed by atoms with E-state index in [4.69, 9.17) is 9.84 Å². The Morgan fingerprint density at radius 3 is 2.44 bits per heavy atom. The quantitative estimate of drug-likeness (QED) is 0.735. The average Bonchev–Trinajstić information content (AvgIpc) is 2.68. The lowest BCUT2D eigenvalue weighted by Gasteiger charge is -2.32. The number of halogens is 1. The second-order valence-electron chi connectivity index (χ2n) is 6.51. The van der Waals surface area contributed by atoms with Gasteiger partial charge in [-0.1, -0.05) is 54.6 Å². The van der Waals surface area contributed by atoms with Gasteiger partial charge in [-0.2, -0.15) is 0 Å². The number of nitrogens with zero attached hydrogens (tertiary/aromatic N) is 1. The normalized spacial score (nSPS) is 17.1. The van der Waals surface area contributed by atoms with Crippen LogP contribution in [-0.2, 0) is 16.0 Å². The van der Waals surface area contributed by atoms with E-state index in [1.165, 1.54) is 0 Å². The number of carboxylic acid groups (broad SMARTS) is 1. The summed E-state index contributed by atoms with van der Waals surface area (Å²) in [4.78, 5) is 25.1. The summed E-state index contributed by atoms with van der Waals surface area (Å²) in [6, 6.07) is 17.2. The molecule has 0 saturated carbocycles. The van der Waals surface area contributed by atoms with Gasteiger partial charge in [0, 0.05) is 31.6 Å². The van der Waals surface area contributed by atoms with Gasteiger partial charge in [0.2, 0.25) is 0 Å². The van der Waals surface area contributed by atoms with Crippen LogP contribution < -0.4 is 0 Å². The van der Waals surface area contributed by atoms with Crippen molar-refractivity contribution in [3.05, 3.63) is 71.3 Å². The van der Waals surface area contributed by atoms with Crippen LogP contribution in [0.1, 0.15) is 34.0 Å². The van der Waals surface area contributed by atoms with E-state index in [0.717, 1.165) is 23.2 Å². The number of Topliss-reactive ketones (excluding diaryl/α,β-unsaturated/α-hetero) is 1. The summed E-state index contributed by atoms with van der Waals surface area (Å²) in [5, 5.41) is 8.83. The molecular weight excluding hydrogens is 366 g/mol. The highest BCUT2D eigenvalue weighted by atomic mass is 35.5. The molecule has 0 aromatic heterocycles. The predicted octanol–water partition coefficient (Wildman–Crippen LogP) is 3.38. The molecule has 1 fully saturated rings. The summed E-state index contributed by atoms with van der Waals surface area (Å²) in [6.07, 6.45) is 0.463. The number of carbonyl (C=O) groups is 2. The zero-order valence-electron chi connectivity index (χ0n) is 15.0. The number of hydrogen-bond donors (Lipinski definition) is 1. The largest absolute Gasteiger partial charge is 0.481 e. The maximum atomic E-state index is 12.3. The third-order valence-corrected chi connectivity index (χ3v) is 4.60. The zero-order valence-corrected chi connectivity index (χ0v) is 15.9. The van der Waals surface area contributed by atoms with E-state index in [-0.39, 0.29) is 30.7 Å². The molecule has 3 rings (SSSR count). The van der Waals surface area contributed by atoms with Crippen molar-refractivity contribution in [1.82, 2.24) is 4.90 Å². The van der Waals surface area contributed by atoms with Crippen molar-refractivity contribution in [2.45, 2.75) is 18.9 Å². The van der Waals surface area contributed by atoms with Crippen LogP contribution in [0.3, 0.4) is 0 Å². The molecule has 1 N–H and O–H groups in total. The Kier molecular flexibility index (Phi) is 7.98. The summed E-state index contributed by atoms with van der Waals surface area (Å²) < 4.78 is 5.84. The van der Waals surface area contributed by atoms with Gasteiger partial charge in [0.25, 0.3) is 0 Å². The smallest absolute Gasteiger partial charge is 0.304 e. The molecule has 6 heteroatoms. The summed E-state index contributed by atoms with van der Waals surface area (Å²) in [5.74, 6) is -0.674. The molecule has 1 atom stereocenters. The molecule has 1 heterocycles. The minimum Gasteiger partial charge on any atom is -0.481 e. The van der Waals surface area contributed by atoms with E-state index in [0.29, 0.717) is 26.1 Å². The van der Waals surface area contributed by atoms with E-state index >= 15 is 0 Å². The van der Waals surface area contributed by atoms with Crippen LogP contribution in [-0.4, -0.2) is 48.0 Å². The lowest BCUT2D eigenvalue weighted by Crippen LogP contribution is -2.39. The second-order valence-corrected chi connectivity index (χ2v) is 6.51. The van der Waals surface area contributed by atoms with E-state index in [2.05, 4.69) is 4.90 Å². The van der Waals surface area contributed by atoms with E-state index in [1.54, 1.807) is 0 Å². The monoisotopic (exact) mass is 389 g/mol. The van der Waals surface area contributed by atoms with Crippen molar-refractivity contribution in [3.8, 4) is 0 Å². The fourth-order valence-corrected chi connectivity index (χ4v) is 3.12. The Hall–Kier alpha value is -2.21. The molecule has 0 spiro atoms. The number of morpholine rings is 1. The van der Waals surface area contributed by atoms with Crippen LogP contribution in [0.4, 0.5) is 0 Å². The first-order valence-electron chi connectivity index (χ1n) is 8.84. The third-order valence-electron chi connectivity index (χ3n) is 4.60. The molecule has 144 valence electrons. The maximum Gasteiger partial charge on any atom is 0.304 e. The first kappa shape index (κ1) is 21.1. The van der Waals surface area contributed by atoms with E-state index in [9.17, 15) is 9.59 Å². The average molecular weight is 390 g/mol. The fraction of sp³-hybridized carbons (Fsp3) is 0.333. The molecule has 1 aliphatic heterocycles. The van der Waals surface area contributed by atoms with Crippen molar-refractivity contribution < 1.29 is 19.4 Å². The van der Waals surface area contributed by atoms with Crippen LogP contribution in [0.15, 0.2) is 54.6 Å². The zero-order chi connectivity index (χ0) is 18.4. The van der Waals surface area contributed by atoms with Crippen molar-refractivity contribution in [1.29, 1.82) is 0 Å². The van der Waals surface area contributed by atoms with Gasteiger partial charge in [0.1, 0.15) is 0 Å². The summed E-state index contributed by atoms with van der Waals surface area (Å²) in [7, 11) is 0. The second kappa shape index (κ2) is 10.2. The molecule has 1 saturated heterocycles. The highest BCUT2D eigenvalue weighted by Gasteiger charge is 2.22. The van der Waals surface area contributed by atoms with Crippen molar-refractivity contribution in [2.24, 2.45) is 0 Å². The number of rotatable bonds is 7. The summed E-state index contributed by atoms with van der Waals surface area (Å²) in [5.41, 5.74) is 2.75. The van der Waals surface area contributed by atoms with E-state index in [1.807, 2.05) is 54.6 Å². The molecule has 2 aromatic rings. The van der Waals surface area contributed by atoms with Gasteiger partial charge in [-0.25, -0.2) is 0 Å². The number of benzene rings is 2. The first-order chi connectivity index (χ1) is 12.6. The molecule has 1 aliphatic rings. The van der Waals surface area contributed by atoms with Crippen LogP contribution in [0, 0.1) is 0 Å². The molecule has 5 nitrogen and oxygen atoms in total. The molecule has 0 bridgehead atoms. The van der Waals surface area contributed by atoms with Crippen molar-refractivity contribution in [3.63, 3.8) is 0 Å². The maximum absolute atomic E-state index is 12.3. The molecule has 0 radical (unpaired) electrons. The highest BCUT2D eigenvalue weighted by Crippen LogP contribution is 2.23. The summed E-state index contributed by atoms with van der Waals surface area (Å²) >= 11 is 0. The molecule has 27 heavy (non-hydrogen) atoms. The Morgan fingerprint density at radius 1 is 1.07 bits per heavy atom. The molecular formula is C21H24ClNO4. The Morgan fingerprint density at radius 2 is 1.78 bits per heavy atom. The number of carboxylic acids is 1. The number of aliphatic carboxylic acids is 1. The lowest BCUT2D eigenvalue weighted by molar-refractivity contribution is -0.137. The minimum atomic E-state index is -0.777. The predicted molar refractivity (Wildman–Crippen MR) is 106 cm³/mol. The molecule has 0 aliphatic carbocycles. The van der Waals surface area contributed by atoms with Gasteiger partial charge < -0.3 is 9.84 Å². The molecule has 0 amide bonds. The minimum absolute atomic E-state index is 0. The number of hydrogen-bond acceptors (Lipinski definition) is 4. The van der Waals surface area contributed by atoms with Crippen molar-refractivity contribution >= 4 is 24.2 Å². The van der Waals surface area contributed by atoms with Gasteiger partial charge in [0.05, 0.1) is 19.1 Å². The molecule has 1 unspecified atom stereocenters. The Labute approximate surface area is 165 Å². The van der Waals surface area contributed by atoms with Gasteiger partial charge >= 0.3 is 5.97 Å². The van der Waals surface area contributed by atoms with Crippen molar-refractivity contribution in [2.75, 3.05) is 26.2 Å². The summed E-state index contributed by atoms with van der Waals surface area (Å²) in [6.45, 7) is 2.58. The topological polar surface area (TPSA) is 66.8 Å². The van der Waals surface area contributed by atoms with Gasteiger partial charge in [0.15, 0.2) is 5.78 Å². The van der Waals surface area contributed by atoms with Crippen LogP contribution in [0.2, 0.25) is 0 Å². The number of carbonyl (C=O) groups excluding carboxylic acids is 1. The van der Waals surface area contributed by atoms with Crippen LogP contribution >= 0.6 is 12.4 Å². The SMILES string of the molecule is Cl.O=C(O)CCN1CCOC(c2ccc(CC(=O)c3ccccc3)cc2)C1. The Bertz CT molecular complexity index is 749. The third kappa shape index (κ3) is 6.17. The lowest BCUT2D eigenvalue weighted by atomic mass is 10.00. The number of ether oxygens (including phenoxy) is 1. The van der Waals surface area contributed by atoms with Gasteiger partial charge in [-0.05, 0) is 11.1 Å². The number of ketones is 1. The fourth-order valence-electron chi connectivity index (χ4n) is 3.12. The Balaban J connectivity index is 0.00000261. The van der Waals surface area contributed by atoms with Gasteiger partial charge in [-0.3, -0.25) is 14.5 Å². The molecule has 2 aromatic carbocycles. The van der Waals surface area contributed by atoms with E-state index < -0.39 is 5.97 Å². The van der Waals surface area contributed by atoms with Crippen LogP contribution in [0.5, 0.6) is 0 Å². The first-order valence-corrected chi connectivity index (χ1v) is 8.84. The standard InChI is InChI=1S/C21H23NO4.ClH/c23-19(17-4-2-1-3-5-17)14-16-6-8-18(9-7-16)20-15-22(12-13-26-20)11-10-21(24)25;/h1-9,20H,10-15H2,(H,24,25);1H. The van der Waals surface area contributed by atoms with Crippen LogP contribution in [0.25, 0.3) is 0 Å². The van der Waals surface area contributed by atoms with Gasteiger partial charge in [-0.15, -0.1) is 12.4 Å². The highest BCUT2D eigenvalue weighted by molar-refractivity contribution is 5.97.